The van der Waals surface area contributed by atoms with Gasteiger partial charge in [0.1, 0.15) is 6.10 Å². The van der Waals surface area contributed by atoms with Crippen molar-refractivity contribution in [3.05, 3.63) is 0 Å². The van der Waals surface area contributed by atoms with Gasteiger partial charge in [0.2, 0.25) is 0 Å². The Hall–Kier alpha value is -0.0900. The molecule has 5 nitrogen and oxygen atoms in total. The minimum Gasteiger partial charge on any atom is -0.462 e. The van der Waals surface area contributed by atoms with Gasteiger partial charge in [-0.3, -0.25) is 9.36 Å². The van der Waals surface area contributed by atoms with E-state index in [1.54, 1.807) is 0 Å². The maximum Gasteiger partial charge on any atom is 0.357 e. The van der Waals surface area contributed by atoms with Gasteiger partial charge in [-0.15, -0.1) is 0 Å². The molecule has 0 saturated heterocycles. The van der Waals surface area contributed by atoms with E-state index in [-0.39, 0.29) is 25.0 Å². The maximum atomic E-state index is 11.3. The van der Waals surface area contributed by atoms with Crippen molar-refractivity contribution in [3.8, 4) is 0 Å². The molecule has 0 spiro atoms. The molecule has 1 fully saturated rings. The SMILES string of the molecule is O=C(CCNP(=O)(O)Cl)OC1CCCCC1. The van der Waals surface area contributed by atoms with Gasteiger partial charge in [0, 0.05) is 6.54 Å². The molecule has 0 aromatic carbocycles. The summed E-state index contributed by atoms with van der Waals surface area (Å²) < 4.78 is 15.9. The Kier molecular flexibility index (Phi) is 5.76. The Bertz CT molecular complexity index is 275. The zero-order chi connectivity index (χ0) is 12.0. The average molecular weight is 270 g/mol. The number of ether oxygens (including phenoxy) is 1. The summed E-state index contributed by atoms with van der Waals surface area (Å²) in [6.45, 7) is -3.69. The standard InChI is InChI=1S/C9H17ClNO4P/c10-16(13,14)11-7-6-9(12)15-8-4-2-1-3-5-8/h8H,1-7H2,(H2,11,13,14). The van der Waals surface area contributed by atoms with Gasteiger partial charge < -0.3 is 9.63 Å². The van der Waals surface area contributed by atoms with Gasteiger partial charge in [-0.25, -0.2) is 5.09 Å². The first kappa shape index (κ1) is 14.0. The van der Waals surface area contributed by atoms with Gasteiger partial charge in [-0.2, -0.15) is 0 Å². The molecule has 0 aliphatic heterocycles. The van der Waals surface area contributed by atoms with Crippen molar-refractivity contribution in [2.24, 2.45) is 0 Å². The lowest BCUT2D eigenvalue weighted by molar-refractivity contribution is -0.150. The Morgan fingerprint density at radius 1 is 1.44 bits per heavy atom. The highest BCUT2D eigenvalue weighted by atomic mass is 35.7. The van der Waals surface area contributed by atoms with Crippen LogP contribution in [0.1, 0.15) is 38.5 Å². The predicted octanol–water partition coefficient (Wildman–Crippen LogP) is 2.18. The molecule has 1 unspecified atom stereocenters. The Morgan fingerprint density at radius 3 is 2.62 bits per heavy atom. The fourth-order valence-electron chi connectivity index (χ4n) is 1.72. The highest BCUT2D eigenvalue weighted by Gasteiger charge is 2.18. The molecule has 94 valence electrons. The van der Waals surface area contributed by atoms with E-state index in [2.05, 4.69) is 5.09 Å². The summed E-state index contributed by atoms with van der Waals surface area (Å²) in [7, 11) is 0. The summed E-state index contributed by atoms with van der Waals surface area (Å²) in [5, 5.41) is 2.17. The van der Waals surface area contributed by atoms with Crippen LogP contribution in [0.2, 0.25) is 0 Å². The summed E-state index contributed by atoms with van der Waals surface area (Å²) >= 11 is 5.06. The molecular weight excluding hydrogens is 253 g/mol. The third-order valence-electron chi connectivity index (χ3n) is 2.49. The fraction of sp³-hybridized carbons (Fsp3) is 0.889. The van der Waals surface area contributed by atoms with Crippen molar-refractivity contribution in [1.82, 2.24) is 5.09 Å². The van der Waals surface area contributed by atoms with Crippen LogP contribution < -0.4 is 5.09 Å². The molecule has 1 aliphatic carbocycles. The number of hydrogen-bond acceptors (Lipinski definition) is 3. The largest absolute Gasteiger partial charge is 0.462 e. The number of carbonyl (C=O) groups excluding carboxylic acids is 1. The van der Waals surface area contributed by atoms with Crippen molar-refractivity contribution in [2.45, 2.75) is 44.6 Å². The van der Waals surface area contributed by atoms with Crippen LogP contribution in [0.5, 0.6) is 0 Å². The zero-order valence-corrected chi connectivity index (χ0v) is 10.7. The van der Waals surface area contributed by atoms with Crippen LogP contribution in [-0.4, -0.2) is 23.5 Å². The normalized spacial score (nSPS) is 21.4. The summed E-state index contributed by atoms with van der Waals surface area (Å²) in [4.78, 5) is 20.0. The summed E-state index contributed by atoms with van der Waals surface area (Å²) in [6.07, 6.45) is 5.34. The second kappa shape index (κ2) is 6.60. The molecule has 1 saturated carbocycles. The predicted molar refractivity (Wildman–Crippen MR) is 61.3 cm³/mol. The lowest BCUT2D eigenvalue weighted by Crippen LogP contribution is -2.23. The number of carbonyl (C=O) groups is 1. The van der Waals surface area contributed by atoms with Crippen LogP contribution in [0.4, 0.5) is 0 Å². The van der Waals surface area contributed by atoms with Crippen molar-refractivity contribution in [1.29, 1.82) is 0 Å². The molecule has 0 radical (unpaired) electrons. The topological polar surface area (TPSA) is 75.6 Å². The average Bonchev–Trinajstić information content (AvgIpc) is 2.17. The van der Waals surface area contributed by atoms with Crippen LogP contribution in [-0.2, 0) is 14.1 Å². The lowest BCUT2D eigenvalue weighted by atomic mass is 9.98. The zero-order valence-electron chi connectivity index (χ0n) is 9.02. The van der Waals surface area contributed by atoms with Gasteiger partial charge >= 0.3 is 12.8 Å². The van der Waals surface area contributed by atoms with Crippen LogP contribution in [0.25, 0.3) is 0 Å². The maximum absolute atomic E-state index is 11.3. The smallest absolute Gasteiger partial charge is 0.357 e. The quantitative estimate of drug-likeness (QED) is 0.591. The van der Waals surface area contributed by atoms with Gasteiger partial charge in [-0.1, -0.05) is 6.42 Å². The van der Waals surface area contributed by atoms with E-state index >= 15 is 0 Å². The third kappa shape index (κ3) is 6.48. The second-order valence-electron chi connectivity index (χ2n) is 3.91. The molecule has 2 N–H and O–H groups in total. The molecule has 0 aromatic heterocycles. The number of esters is 1. The highest BCUT2D eigenvalue weighted by molar-refractivity contribution is 7.82. The first-order valence-electron chi connectivity index (χ1n) is 5.44. The Balaban J connectivity index is 2.13. The van der Waals surface area contributed by atoms with Crippen molar-refractivity contribution in [2.75, 3.05) is 6.54 Å². The lowest BCUT2D eigenvalue weighted by Gasteiger charge is -2.21. The van der Waals surface area contributed by atoms with E-state index in [0.29, 0.717) is 0 Å². The van der Waals surface area contributed by atoms with E-state index in [1.807, 2.05) is 0 Å². The van der Waals surface area contributed by atoms with Crippen LogP contribution in [0.15, 0.2) is 0 Å². The molecule has 0 aromatic rings. The third-order valence-corrected chi connectivity index (χ3v) is 3.46. The number of rotatable bonds is 5. The second-order valence-corrected chi connectivity index (χ2v) is 6.61. The Labute approximate surface area is 99.8 Å². The molecule has 16 heavy (non-hydrogen) atoms. The summed E-state index contributed by atoms with van der Waals surface area (Å²) in [5.74, 6) is -0.343. The number of halogens is 1. The van der Waals surface area contributed by atoms with Gasteiger partial charge in [0.05, 0.1) is 6.42 Å². The summed E-state index contributed by atoms with van der Waals surface area (Å²) in [5.41, 5.74) is 0. The van der Waals surface area contributed by atoms with Crippen molar-refractivity contribution >= 4 is 24.1 Å². The van der Waals surface area contributed by atoms with Crippen LogP contribution >= 0.6 is 18.1 Å². The minimum atomic E-state index is -3.75. The van der Waals surface area contributed by atoms with Crippen molar-refractivity contribution < 1.29 is 19.0 Å². The van der Waals surface area contributed by atoms with E-state index in [0.717, 1.165) is 25.7 Å². The molecule has 1 aliphatic rings. The monoisotopic (exact) mass is 269 g/mol. The van der Waals surface area contributed by atoms with E-state index < -0.39 is 6.87 Å². The van der Waals surface area contributed by atoms with Gasteiger partial charge in [-0.05, 0) is 36.9 Å². The number of hydrogen-bond donors (Lipinski definition) is 2. The molecule has 1 rings (SSSR count). The van der Waals surface area contributed by atoms with E-state index in [4.69, 9.17) is 20.9 Å². The minimum absolute atomic E-state index is 0.0261. The Morgan fingerprint density at radius 2 is 2.06 bits per heavy atom. The van der Waals surface area contributed by atoms with Gasteiger partial charge in [0.25, 0.3) is 0 Å². The van der Waals surface area contributed by atoms with E-state index in [1.165, 1.54) is 6.42 Å². The van der Waals surface area contributed by atoms with Gasteiger partial charge in [0.15, 0.2) is 0 Å². The van der Waals surface area contributed by atoms with Crippen LogP contribution in [0, 0.1) is 0 Å². The fourth-order valence-corrected chi connectivity index (χ4v) is 2.36. The molecular formula is C9H17ClNO4P. The van der Waals surface area contributed by atoms with E-state index in [9.17, 15) is 9.36 Å². The summed E-state index contributed by atoms with van der Waals surface area (Å²) in [6, 6.07) is 0. The first-order chi connectivity index (χ1) is 7.47. The highest BCUT2D eigenvalue weighted by Crippen LogP contribution is 2.40. The van der Waals surface area contributed by atoms with Crippen LogP contribution in [0.3, 0.4) is 0 Å². The molecule has 0 heterocycles. The number of nitrogens with one attached hydrogen (secondary N) is 1. The first-order valence-corrected chi connectivity index (χ1v) is 8.01. The molecule has 7 heteroatoms. The molecule has 0 bridgehead atoms. The van der Waals surface area contributed by atoms with Crippen molar-refractivity contribution in [3.63, 3.8) is 0 Å². The molecule has 0 amide bonds. The molecule has 1 atom stereocenters.